The zero-order chi connectivity index (χ0) is 21.9. The van der Waals surface area contributed by atoms with Crippen LogP contribution in [0.4, 0.5) is 5.69 Å². The molecule has 1 N–H and O–H groups in total. The third-order valence-corrected chi connectivity index (χ3v) is 6.03. The van der Waals surface area contributed by atoms with Gasteiger partial charge in [0.1, 0.15) is 0 Å². The number of hydrogen-bond donors (Lipinski definition) is 1. The van der Waals surface area contributed by atoms with Crippen molar-refractivity contribution in [2.45, 2.75) is 64.3 Å². The van der Waals surface area contributed by atoms with Crippen LogP contribution in [0, 0.1) is 6.92 Å². The highest BCUT2D eigenvalue weighted by atomic mass is 32.2. The average Bonchev–Trinajstić information content (AvgIpc) is 2.86. The second-order valence-corrected chi connectivity index (χ2v) is 8.36. The van der Waals surface area contributed by atoms with Crippen LogP contribution in [0.2, 0.25) is 0 Å². The van der Waals surface area contributed by atoms with Gasteiger partial charge in [0.15, 0.2) is 0 Å². The van der Waals surface area contributed by atoms with E-state index in [0.717, 1.165) is 25.8 Å². The lowest BCUT2D eigenvalue weighted by atomic mass is 9.96. The first kappa shape index (κ1) is 24.3. The molecule has 3 rings (SSSR count). The van der Waals surface area contributed by atoms with E-state index in [1.807, 2.05) is 20.8 Å². The zero-order valence-corrected chi connectivity index (χ0v) is 19.8. The number of nitrogens with zero attached hydrogens (tertiary/aromatic N) is 1. The molecule has 1 aliphatic heterocycles. The summed E-state index contributed by atoms with van der Waals surface area (Å²) in [4.78, 5) is 12.8. The molecule has 30 heavy (non-hydrogen) atoms. The second kappa shape index (κ2) is 12.7. The van der Waals surface area contributed by atoms with Crippen molar-refractivity contribution < 1.29 is 9.53 Å². The lowest BCUT2D eigenvalue weighted by molar-refractivity contribution is -0.143. The van der Waals surface area contributed by atoms with Crippen LogP contribution in [-0.2, 0) is 9.53 Å². The quantitative estimate of drug-likeness (QED) is 0.304. The minimum absolute atomic E-state index is 0.0856. The van der Waals surface area contributed by atoms with Gasteiger partial charge in [-0.05, 0) is 74.0 Å². The van der Waals surface area contributed by atoms with E-state index in [-0.39, 0.29) is 12.0 Å². The highest BCUT2D eigenvalue weighted by Crippen LogP contribution is 2.43. The van der Waals surface area contributed by atoms with E-state index in [2.05, 4.69) is 66.1 Å². The average molecular weight is 429 g/mol. The van der Waals surface area contributed by atoms with E-state index >= 15 is 0 Å². The molecular weight excluding hydrogens is 392 g/mol. The van der Waals surface area contributed by atoms with Gasteiger partial charge in [-0.2, -0.15) is 0 Å². The molecule has 1 atom stereocenters. The summed E-state index contributed by atoms with van der Waals surface area (Å²) in [7, 11) is 2.13. The molecule has 1 unspecified atom stereocenters. The SMILES string of the molecule is CC.CCOC(=O)CCCCCNC1c2ccc(C)cc2SN(C)c2ccccc21. The number of hydrogen-bond acceptors (Lipinski definition) is 5. The number of aryl methyl sites for hydroxylation is 1. The fraction of sp³-hybridized carbons (Fsp3) is 0.480. The molecule has 0 spiro atoms. The van der Waals surface area contributed by atoms with Gasteiger partial charge < -0.3 is 14.4 Å². The first-order valence-electron chi connectivity index (χ1n) is 11.1. The molecule has 5 heteroatoms. The van der Waals surface area contributed by atoms with E-state index in [0.29, 0.717) is 13.0 Å². The van der Waals surface area contributed by atoms with Gasteiger partial charge in [0.25, 0.3) is 0 Å². The number of ether oxygens (including phenoxy) is 1. The number of unbranched alkanes of at least 4 members (excludes halogenated alkanes) is 2. The Labute approximate surface area is 186 Å². The monoisotopic (exact) mass is 428 g/mol. The molecule has 4 nitrogen and oxygen atoms in total. The van der Waals surface area contributed by atoms with Crippen LogP contribution in [0.3, 0.4) is 0 Å². The summed E-state index contributed by atoms with van der Waals surface area (Å²) >= 11 is 1.79. The van der Waals surface area contributed by atoms with Crippen LogP contribution in [0.25, 0.3) is 0 Å². The maximum Gasteiger partial charge on any atom is 0.305 e. The maximum atomic E-state index is 11.4. The highest BCUT2D eigenvalue weighted by molar-refractivity contribution is 8.00. The third kappa shape index (κ3) is 6.51. The van der Waals surface area contributed by atoms with Gasteiger partial charge in [-0.25, -0.2) is 0 Å². The summed E-state index contributed by atoms with van der Waals surface area (Å²) in [5, 5.41) is 3.77. The molecule has 0 amide bonds. The van der Waals surface area contributed by atoms with Gasteiger partial charge in [-0.3, -0.25) is 4.79 Å². The van der Waals surface area contributed by atoms with Gasteiger partial charge in [-0.15, -0.1) is 0 Å². The first-order valence-corrected chi connectivity index (χ1v) is 11.9. The van der Waals surface area contributed by atoms with E-state index in [1.54, 1.807) is 11.9 Å². The Balaban J connectivity index is 0.00000155. The Kier molecular flexibility index (Phi) is 10.2. The number of para-hydroxylation sites is 1. The number of esters is 1. The molecule has 0 aliphatic carbocycles. The summed E-state index contributed by atoms with van der Waals surface area (Å²) in [6.45, 7) is 9.38. The van der Waals surface area contributed by atoms with Crippen LogP contribution >= 0.6 is 11.9 Å². The summed E-state index contributed by atoms with van der Waals surface area (Å²) < 4.78 is 7.25. The molecule has 1 aliphatic rings. The Morgan fingerprint density at radius 2 is 1.87 bits per heavy atom. The molecule has 164 valence electrons. The van der Waals surface area contributed by atoms with Gasteiger partial charge in [0.2, 0.25) is 0 Å². The van der Waals surface area contributed by atoms with Gasteiger partial charge >= 0.3 is 5.97 Å². The molecule has 0 aromatic heterocycles. The second-order valence-electron chi connectivity index (χ2n) is 7.19. The first-order chi connectivity index (χ1) is 14.6. The topological polar surface area (TPSA) is 41.6 Å². The van der Waals surface area contributed by atoms with Crippen LogP contribution in [-0.4, -0.2) is 26.2 Å². The van der Waals surface area contributed by atoms with Crippen molar-refractivity contribution in [1.29, 1.82) is 0 Å². The van der Waals surface area contributed by atoms with E-state index in [4.69, 9.17) is 4.74 Å². The number of carbonyl (C=O) groups is 1. The van der Waals surface area contributed by atoms with Crippen molar-refractivity contribution in [1.82, 2.24) is 5.32 Å². The van der Waals surface area contributed by atoms with Crippen LogP contribution < -0.4 is 9.62 Å². The number of benzene rings is 2. The molecule has 0 bridgehead atoms. The minimum Gasteiger partial charge on any atom is -0.466 e. The van der Waals surface area contributed by atoms with Crippen molar-refractivity contribution in [2.24, 2.45) is 0 Å². The summed E-state index contributed by atoms with van der Waals surface area (Å²) in [5.41, 5.74) is 5.18. The summed E-state index contributed by atoms with van der Waals surface area (Å²) in [5.74, 6) is -0.0856. The predicted molar refractivity (Wildman–Crippen MR) is 128 cm³/mol. The Morgan fingerprint density at radius 3 is 2.63 bits per heavy atom. The molecule has 2 aromatic rings. The fourth-order valence-electron chi connectivity index (χ4n) is 3.61. The summed E-state index contributed by atoms with van der Waals surface area (Å²) in [6, 6.07) is 15.5. The van der Waals surface area contributed by atoms with Crippen LogP contribution in [0.15, 0.2) is 47.4 Å². The lowest BCUT2D eigenvalue weighted by Crippen LogP contribution is -2.24. The van der Waals surface area contributed by atoms with E-state index < -0.39 is 0 Å². The molecule has 0 fully saturated rings. The molecular formula is C25H36N2O2S. The predicted octanol–water partition coefficient (Wildman–Crippen LogP) is 6.28. The maximum absolute atomic E-state index is 11.4. The zero-order valence-electron chi connectivity index (χ0n) is 19.0. The normalized spacial score (nSPS) is 14.7. The van der Waals surface area contributed by atoms with Crippen LogP contribution in [0.1, 0.15) is 69.2 Å². The van der Waals surface area contributed by atoms with Gasteiger partial charge in [0, 0.05) is 18.4 Å². The number of fused-ring (bicyclic) bond motifs is 2. The number of carbonyl (C=O) groups excluding carboxylic acids is 1. The molecule has 2 aromatic carbocycles. The van der Waals surface area contributed by atoms with Crippen molar-refractivity contribution in [3.05, 3.63) is 59.2 Å². The van der Waals surface area contributed by atoms with Crippen molar-refractivity contribution in [3.63, 3.8) is 0 Å². The van der Waals surface area contributed by atoms with E-state index in [1.165, 1.54) is 27.3 Å². The lowest BCUT2D eigenvalue weighted by Gasteiger charge is -2.22. The number of rotatable bonds is 8. The molecule has 0 saturated heterocycles. The smallest absolute Gasteiger partial charge is 0.305 e. The Bertz CT molecular complexity index is 809. The Hall–Kier alpha value is -1.98. The van der Waals surface area contributed by atoms with Gasteiger partial charge in [0.05, 0.1) is 18.3 Å². The largest absolute Gasteiger partial charge is 0.466 e. The molecule has 0 saturated carbocycles. The van der Waals surface area contributed by atoms with Crippen molar-refractivity contribution >= 4 is 23.6 Å². The summed E-state index contributed by atoms with van der Waals surface area (Å²) in [6.07, 6.45) is 3.47. The standard InChI is InChI=1S/C23H30N2O2S.C2H6/c1-4-27-22(26)12-6-5-9-15-24-23-18-10-7-8-11-20(18)25(3)28-21-16-17(2)13-14-19(21)23;1-2/h7-8,10-11,13-14,16,23-24H,4-6,9,12,15H2,1-3H3;1-2H3. The minimum atomic E-state index is -0.0856. The number of anilines is 1. The van der Waals surface area contributed by atoms with Crippen molar-refractivity contribution in [3.8, 4) is 0 Å². The van der Waals surface area contributed by atoms with E-state index in [9.17, 15) is 4.79 Å². The number of nitrogens with one attached hydrogen (secondary N) is 1. The molecule has 0 radical (unpaired) electrons. The van der Waals surface area contributed by atoms with Crippen LogP contribution in [0.5, 0.6) is 0 Å². The van der Waals surface area contributed by atoms with Gasteiger partial charge in [-0.1, -0.05) is 50.6 Å². The molecule has 1 heterocycles. The highest BCUT2D eigenvalue weighted by Gasteiger charge is 2.26. The fourth-order valence-corrected chi connectivity index (χ4v) is 4.70. The Morgan fingerprint density at radius 1 is 1.10 bits per heavy atom. The van der Waals surface area contributed by atoms with Crippen molar-refractivity contribution in [2.75, 3.05) is 24.5 Å². The third-order valence-electron chi connectivity index (χ3n) is 5.01.